The highest BCUT2D eigenvalue weighted by Crippen LogP contribution is 2.17. The van der Waals surface area contributed by atoms with E-state index in [2.05, 4.69) is 0 Å². The first kappa shape index (κ1) is 16.2. The molecular formula is C17H18ClNO3. The number of hydrogen-bond donors (Lipinski definition) is 0. The third-order valence-corrected chi connectivity index (χ3v) is 3.43. The summed E-state index contributed by atoms with van der Waals surface area (Å²) in [6.07, 6.45) is 0. The van der Waals surface area contributed by atoms with Gasteiger partial charge in [0.05, 0.1) is 7.11 Å². The molecule has 0 radical (unpaired) electrons. The van der Waals surface area contributed by atoms with Crippen LogP contribution < -0.4 is 9.47 Å². The van der Waals surface area contributed by atoms with Crippen LogP contribution >= 0.6 is 11.6 Å². The number of amides is 1. The normalized spacial score (nSPS) is 10.1. The van der Waals surface area contributed by atoms with Gasteiger partial charge in [-0.25, -0.2) is 0 Å². The fourth-order valence-corrected chi connectivity index (χ4v) is 2.01. The predicted molar refractivity (Wildman–Crippen MR) is 86.4 cm³/mol. The van der Waals surface area contributed by atoms with Crippen LogP contribution in [0, 0.1) is 0 Å². The van der Waals surface area contributed by atoms with Crippen LogP contribution in [-0.2, 0) is 11.3 Å². The van der Waals surface area contributed by atoms with Crippen molar-refractivity contribution in [1.29, 1.82) is 0 Å². The molecular weight excluding hydrogens is 302 g/mol. The van der Waals surface area contributed by atoms with Crippen LogP contribution in [0.3, 0.4) is 0 Å². The third kappa shape index (κ3) is 4.67. The topological polar surface area (TPSA) is 38.8 Å². The summed E-state index contributed by atoms with van der Waals surface area (Å²) in [5.41, 5.74) is 1.02. The Labute approximate surface area is 135 Å². The second kappa shape index (κ2) is 7.71. The molecule has 0 aliphatic rings. The van der Waals surface area contributed by atoms with Crippen LogP contribution in [-0.4, -0.2) is 31.6 Å². The molecule has 0 aliphatic heterocycles. The van der Waals surface area contributed by atoms with Gasteiger partial charge in [-0.2, -0.15) is 0 Å². The van der Waals surface area contributed by atoms with Crippen LogP contribution in [0.5, 0.6) is 11.5 Å². The van der Waals surface area contributed by atoms with Crippen molar-refractivity contribution >= 4 is 17.5 Å². The van der Waals surface area contributed by atoms with Gasteiger partial charge in [-0.3, -0.25) is 4.79 Å². The number of rotatable bonds is 6. The number of benzene rings is 2. The van der Waals surface area contributed by atoms with E-state index in [4.69, 9.17) is 21.1 Å². The summed E-state index contributed by atoms with van der Waals surface area (Å²) in [6, 6.07) is 14.5. The van der Waals surface area contributed by atoms with Gasteiger partial charge < -0.3 is 14.4 Å². The van der Waals surface area contributed by atoms with Crippen molar-refractivity contribution in [3.63, 3.8) is 0 Å². The Bertz CT molecular complexity index is 611. The number of hydrogen-bond acceptors (Lipinski definition) is 3. The van der Waals surface area contributed by atoms with Crippen LogP contribution in [0.2, 0.25) is 5.02 Å². The molecule has 4 nitrogen and oxygen atoms in total. The van der Waals surface area contributed by atoms with E-state index >= 15 is 0 Å². The Morgan fingerprint density at radius 3 is 2.23 bits per heavy atom. The maximum absolute atomic E-state index is 12.1. The molecule has 5 heteroatoms. The first-order valence-electron chi connectivity index (χ1n) is 6.84. The Morgan fingerprint density at radius 2 is 1.64 bits per heavy atom. The lowest BCUT2D eigenvalue weighted by Gasteiger charge is -2.17. The van der Waals surface area contributed by atoms with E-state index in [0.717, 1.165) is 11.3 Å². The highest BCUT2D eigenvalue weighted by Gasteiger charge is 2.10. The highest BCUT2D eigenvalue weighted by molar-refractivity contribution is 6.30. The first-order valence-corrected chi connectivity index (χ1v) is 7.21. The van der Waals surface area contributed by atoms with Crippen LogP contribution in [0.15, 0.2) is 48.5 Å². The minimum atomic E-state index is -0.0919. The summed E-state index contributed by atoms with van der Waals surface area (Å²) < 4.78 is 10.5. The zero-order chi connectivity index (χ0) is 15.9. The molecule has 0 spiro atoms. The fourth-order valence-electron chi connectivity index (χ4n) is 1.88. The quantitative estimate of drug-likeness (QED) is 0.819. The van der Waals surface area contributed by atoms with Crippen molar-refractivity contribution in [2.75, 3.05) is 20.8 Å². The van der Waals surface area contributed by atoms with Crippen LogP contribution in [0.25, 0.3) is 0 Å². The predicted octanol–water partition coefficient (Wildman–Crippen LogP) is 3.39. The molecule has 2 rings (SSSR count). The van der Waals surface area contributed by atoms with Gasteiger partial charge in [0, 0.05) is 18.6 Å². The van der Waals surface area contributed by atoms with Crippen molar-refractivity contribution in [2.24, 2.45) is 0 Å². The van der Waals surface area contributed by atoms with Crippen LogP contribution in [0.1, 0.15) is 5.56 Å². The molecule has 0 aliphatic carbocycles. The molecule has 2 aromatic rings. The van der Waals surface area contributed by atoms with Crippen molar-refractivity contribution in [3.05, 3.63) is 59.1 Å². The van der Waals surface area contributed by atoms with E-state index in [1.165, 1.54) is 0 Å². The largest absolute Gasteiger partial charge is 0.497 e. The number of carbonyl (C=O) groups excluding carboxylic acids is 1. The summed E-state index contributed by atoms with van der Waals surface area (Å²) in [5, 5.41) is 0.681. The van der Waals surface area contributed by atoms with Gasteiger partial charge in [-0.15, -0.1) is 0 Å². The molecule has 0 atom stereocenters. The minimum absolute atomic E-state index is 0.00355. The smallest absolute Gasteiger partial charge is 0.260 e. The summed E-state index contributed by atoms with van der Waals surface area (Å²) in [5.74, 6) is 1.29. The zero-order valence-corrected chi connectivity index (χ0v) is 13.3. The molecule has 1 amide bonds. The lowest BCUT2D eigenvalue weighted by Crippen LogP contribution is -2.30. The maximum Gasteiger partial charge on any atom is 0.260 e. The van der Waals surface area contributed by atoms with E-state index in [-0.39, 0.29) is 12.5 Å². The number of ether oxygens (including phenoxy) is 2. The Kier molecular flexibility index (Phi) is 5.67. The van der Waals surface area contributed by atoms with E-state index in [0.29, 0.717) is 17.3 Å². The van der Waals surface area contributed by atoms with Crippen molar-refractivity contribution < 1.29 is 14.3 Å². The monoisotopic (exact) mass is 319 g/mol. The van der Waals surface area contributed by atoms with E-state index in [9.17, 15) is 4.79 Å². The molecule has 0 unspecified atom stereocenters. The number of carbonyl (C=O) groups is 1. The summed E-state index contributed by atoms with van der Waals surface area (Å²) in [7, 11) is 3.35. The van der Waals surface area contributed by atoms with Gasteiger partial charge in [0.2, 0.25) is 0 Å². The van der Waals surface area contributed by atoms with Gasteiger partial charge in [0.25, 0.3) is 5.91 Å². The number of methoxy groups -OCH3 is 1. The second-order valence-corrected chi connectivity index (χ2v) is 5.28. The fraction of sp³-hybridized carbons (Fsp3) is 0.235. The summed E-state index contributed by atoms with van der Waals surface area (Å²) >= 11 is 5.84. The summed E-state index contributed by atoms with van der Waals surface area (Å²) in [6.45, 7) is 0.512. The van der Waals surface area contributed by atoms with Crippen molar-refractivity contribution in [2.45, 2.75) is 6.54 Å². The molecule has 0 N–H and O–H groups in total. The van der Waals surface area contributed by atoms with Gasteiger partial charge >= 0.3 is 0 Å². The van der Waals surface area contributed by atoms with E-state index < -0.39 is 0 Å². The molecule has 0 aromatic heterocycles. The van der Waals surface area contributed by atoms with Gasteiger partial charge in [-0.1, -0.05) is 23.7 Å². The maximum atomic E-state index is 12.1. The molecule has 0 heterocycles. The van der Waals surface area contributed by atoms with Gasteiger partial charge in [-0.05, 0) is 42.0 Å². The highest BCUT2D eigenvalue weighted by atomic mass is 35.5. The molecule has 0 fully saturated rings. The lowest BCUT2D eigenvalue weighted by atomic mass is 10.2. The number of likely N-dealkylation sites (N-methyl/N-ethyl adjacent to an activating group) is 1. The summed E-state index contributed by atoms with van der Waals surface area (Å²) in [4.78, 5) is 13.7. The SMILES string of the molecule is COc1ccc(OCC(=O)N(C)Cc2ccc(Cl)cc2)cc1. The number of halogens is 1. The Balaban J connectivity index is 1.84. The number of nitrogens with zero attached hydrogens (tertiary/aromatic N) is 1. The zero-order valence-electron chi connectivity index (χ0n) is 12.6. The second-order valence-electron chi connectivity index (χ2n) is 4.84. The Hall–Kier alpha value is -2.20. The lowest BCUT2D eigenvalue weighted by molar-refractivity contribution is -0.132. The molecule has 2 aromatic carbocycles. The molecule has 0 saturated carbocycles. The first-order chi connectivity index (χ1) is 10.6. The third-order valence-electron chi connectivity index (χ3n) is 3.18. The molecule has 0 bridgehead atoms. The molecule has 0 saturated heterocycles. The van der Waals surface area contributed by atoms with Crippen LogP contribution in [0.4, 0.5) is 0 Å². The van der Waals surface area contributed by atoms with Gasteiger partial charge in [0.15, 0.2) is 6.61 Å². The molecule has 116 valence electrons. The van der Waals surface area contributed by atoms with Gasteiger partial charge in [0.1, 0.15) is 11.5 Å². The average molecular weight is 320 g/mol. The Morgan fingerprint density at radius 1 is 1.05 bits per heavy atom. The van der Waals surface area contributed by atoms with Crippen molar-refractivity contribution in [1.82, 2.24) is 4.90 Å². The van der Waals surface area contributed by atoms with Crippen molar-refractivity contribution in [3.8, 4) is 11.5 Å². The average Bonchev–Trinajstić information content (AvgIpc) is 2.55. The molecule has 22 heavy (non-hydrogen) atoms. The van der Waals surface area contributed by atoms with E-state index in [1.54, 1.807) is 43.3 Å². The minimum Gasteiger partial charge on any atom is -0.497 e. The van der Waals surface area contributed by atoms with E-state index in [1.807, 2.05) is 24.3 Å². The standard InChI is InChI=1S/C17H18ClNO3/c1-19(11-13-3-5-14(18)6-4-13)17(20)12-22-16-9-7-15(21-2)8-10-16/h3-10H,11-12H2,1-2H3.